The van der Waals surface area contributed by atoms with Gasteiger partial charge in [-0.05, 0) is 43.7 Å². The Balaban J connectivity index is 1.75. The molecule has 1 aromatic heterocycles. The Hall–Kier alpha value is -2.79. The maximum atomic E-state index is 12.2. The van der Waals surface area contributed by atoms with Crippen LogP contribution in [0.2, 0.25) is 5.02 Å². The van der Waals surface area contributed by atoms with Crippen molar-refractivity contribution in [1.29, 1.82) is 0 Å². The number of benzene rings is 2. The largest absolute Gasteiger partial charge is 0.479 e. The molecule has 0 fully saturated rings. The highest BCUT2D eigenvalue weighted by molar-refractivity contribution is 6.32. The van der Waals surface area contributed by atoms with Crippen molar-refractivity contribution in [3.8, 4) is 5.75 Å². The Labute approximate surface area is 155 Å². The molecule has 0 aliphatic carbocycles. The first-order chi connectivity index (χ1) is 12.4. The van der Waals surface area contributed by atoms with Crippen molar-refractivity contribution in [2.45, 2.75) is 26.6 Å². The van der Waals surface area contributed by atoms with Crippen LogP contribution in [0.1, 0.15) is 18.1 Å². The molecule has 5 nitrogen and oxygen atoms in total. The van der Waals surface area contributed by atoms with Gasteiger partial charge in [0.05, 0.1) is 0 Å². The van der Waals surface area contributed by atoms with Gasteiger partial charge in [-0.3, -0.25) is 0 Å². The van der Waals surface area contributed by atoms with Crippen molar-refractivity contribution in [2.24, 2.45) is 0 Å². The molecule has 1 atom stereocenters. The van der Waals surface area contributed by atoms with E-state index in [1.165, 1.54) is 6.07 Å². The zero-order chi connectivity index (χ0) is 18.7. The van der Waals surface area contributed by atoms with Crippen LogP contribution in [0.15, 0.2) is 57.7 Å². The number of para-hydroxylation sites is 1. The highest BCUT2D eigenvalue weighted by atomic mass is 35.5. The molecule has 0 spiro atoms. The minimum absolute atomic E-state index is 0.0805. The summed E-state index contributed by atoms with van der Waals surface area (Å²) in [6, 6.07) is 13.7. The summed E-state index contributed by atoms with van der Waals surface area (Å²) in [5, 5.41) is 1.17. The number of carbonyl (C=O) groups is 1. The van der Waals surface area contributed by atoms with E-state index in [1.54, 1.807) is 31.2 Å². The summed E-state index contributed by atoms with van der Waals surface area (Å²) in [5.74, 6) is 0.0402. The van der Waals surface area contributed by atoms with E-state index in [2.05, 4.69) is 0 Å². The first-order valence-corrected chi connectivity index (χ1v) is 8.43. The van der Waals surface area contributed by atoms with Gasteiger partial charge in [0.15, 0.2) is 6.10 Å². The molecule has 6 heteroatoms. The fourth-order valence-corrected chi connectivity index (χ4v) is 2.65. The standard InChI is InChI=1S/C20H17ClO5/c1-12-8-18-16(10-17(12)21)14(9-19(22)26-18)11-24-20(23)13(2)25-15-6-4-3-5-7-15/h3-10,13H,11H2,1-2H3/t13-/m1/s1. The molecule has 0 aliphatic heterocycles. The first kappa shape index (κ1) is 18.0. The van der Waals surface area contributed by atoms with Gasteiger partial charge in [0, 0.05) is 22.0 Å². The number of aryl methyl sites for hydroxylation is 1. The van der Waals surface area contributed by atoms with Crippen molar-refractivity contribution in [3.05, 3.63) is 75.1 Å². The van der Waals surface area contributed by atoms with Gasteiger partial charge in [0.25, 0.3) is 0 Å². The number of rotatable bonds is 5. The average molecular weight is 373 g/mol. The second-order valence-electron chi connectivity index (χ2n) is 5.87. The predicted molar refractivity (Wildman–Crippen MR) is 98.6 cm³/mol. The molecule has 3 aromatic rings. The van der Waals surface area contributed by atoms with Crippen molar-refractivity contribution >= 4 is 28.5 Å². The fourth-order valence-electron chi connectivity index (χ4n) is 2.49. The Morgan fingerprint density at radius 3 is 2.65 bits per heavy atom. The monoisotopic (exact) mass is 372 g/mol. The van der Waals surface area contributed by atoms with Gasteiger partial charge < -0.3 is 13.9 Å². The molecular weight excluding hydrogens is 356 g/mol. The van der Waals surface area contributed by atoms with E-state index in [4.69, 9.17) is 25.5 Å². The third kappa shape index (κ3) is 4.06. The Bertz CT molecular complexity index is 994. The Morgan fingerprint density at radius 1 is 1.19 bits per heavy atom. The van der Waals surface area contributed by atoms with Crippen LogP contribution in [-0.4, -0.2) is 12.1 Å². The van der Waals surface area contributed by atoms with Gasteiger partial charge in [0.1, 0.15) is 17.9 Å². The van der Waals surface area contributed by atoms with Crippen LogP contribution < -0.4 is 10.4 Å². The number of esters is 1. The molecule has 0 saturated heterocycles. The van der Waals surface area contributed by atoms with Crippen LogP contribution in [0.3, 0.4) is 0 Å². The zero-order valence-electron chi connectivity index (χ0n) is 14.3. The van der Waals surface area contributed by atoms with Gasteiger partial charge in [0.2, 0.25) is 0 Å². The lowest BCUT2D eigenvalue weighted by molar-refractivity contribution is -0.152. The minimum atomic E-state index is -0.783. The highest BCUT2D eigenvalue weighted by Gasteiger charge is 2.17. The van der Waals surface area contributed by atoms with Gasteiger partial charge in [-0.15, -0.1) is 0 Å². The van der Waals surface area contributed by atoms with Crippen LogP contribution in [0.5, 0.6) is 5.75 Å². The molecule has 0 N–H and O–H groups in total. The normalized spacial score (nSPS) is 12.0. The number of carbonyl (C=O) groups excluding carboxylic acids is 1. The summed E-state index contributed by atoms with van der Waals surface area (Å²) in [6.07, 6.45) is -0.783. The van der Waals surface area contributed by atoms with Gasteiger partial charge in [-0.2, -0.15) is 0 Å². The lowest BCUT2D eigenvalue weighted by Crippen LogP contribution is -2.26. The highest BCUT2D eigenvalue weighted by Crippen LogP contribution is 2.25. The first-order valence-electron chi connectivity index (χ1n) is 8.05. The minimum Gasteiger partial charge on any atom is -0.479 e. The van der Waals surface area contributed by atoms with E-state index < -0.39 is 17.7 Å². The molecule has 0 aliphatic rings. The average Bonchev–Trinajstić information content (AvgIpc) is 2.61. The van der Waals surface area contributed by atoms with E-state index in [0.29, 0.717) is 27.3 Å². The summed E-state index contributed by atoms with van der Waals surface area (Å²) in [6.45, 7) is 3.34. The molecular formula is C20H17ClO5. The lowest BCUT2D eigenvalue weighted by Gasteiger charge is -2.14. The van der Waals surface area contributed by atoms with Crippen molar-refractivity contribution in [2.75, 3.05) is 0 Å². The predicted octanol–water partition coefficient (Wildman–Crippen LogP) is 4.27. The van der Waals surface area contributed by atoms with Crippen LogP contribution in [0.25, 0.3) is 11.0 Å². The maximum Gasteiger partial charge on any atom is 0.347 e. The van der Waals surface area contributed by atoms with Crippen molar-refractivity contribution < 1.29 is 18.7 Å². The Morgan fingerprint density at radius 2 is 1.92 bits per heavy atom. The van der Waals surface area contributed by atoms with Crippen LogP contribution in [0, 0.1) is 6.92 Å². The third-order valence-corrected chi connectivity index (χ3v) is 4.27. The topological polar surface area (TPSA) is 65.7 Å². The Kier molecular flexibility index (Phi) is 5.28. The molecule has 0 amide bonds. The second-order valence-corrected chi connectivity index (χ2v) is 6.28. The molecule has 2 aromatic carbocycles. The van der Waals surface area contributed by atoms with Crippen LogP contribution >= 0.6 is 11.6 Å². The summed E-state index contributed by atoms with van der Waals surface area (Å²) >= 11 is 6.16. The zero-order valence-corrected chi connectivity index (χ0v) is 15.1. The maximum absolute atomic E-state index is 12.2. The second kappa shape index (κ2) is 7.62. The van der Waals surface area contributed by atoms with E-state index in [1.807, 2.05) is 25.1 Å². The SMILES string of the molecule is Cc1cc2oc(=O)cc(COC(=O)[C@@H](C)Oc3ccccc3)c2cc1Cl. The van der Waals surface area contributed by atoms with Crippen molar-refractivity contribution in [1.82, 2.24) is 0 Å². The molecule has 1 heterocycles. The number of hydrogen-bond donors (Lipinski definition) is 0. The van der Waals surface area contributed by atoms with Crippen LogP contribution in [-0.2, 0) is 16.1 Å². The summed E-state index contributed by atoms with van der Waals surface area (Å²) in [5.41, 5.74) is 1.21. The molecule has 0 radical (unpaired) electrons. The van der Waals surface area contributed by atoms with Crippen LogP contribution in [0.4, 0.5) is 0 Å². The number of fused-ring (bicyclic) bond motifs is 1. The van der Waals surface area contributed by atoms with Gasteiger partial charge >= 0.3 is 11.6 Å². The third-order valence-electron chi connectivity index (χ3n) is 3.87. The number of hydrogen-bond acceptors (Lipinski definition) is 5. The smallest absolute Gasteiger partial charge is 0.347 e. The molecule has 26 heavy (non-hydrogen) atoms. The van der Waals surface area contributed by atoms with E-state index >= 15 is 0 Å². The fraction of sp³-hybridized carbons (Fsp3) is 0.200. The van der Waals surface area contributed by atoms with Gasteiger partial charge in [-0.25, -0.2) is 9.59 Å². The summed E-state index contributed by atoms with van der Waals surface area (Å²) in [4.78, 5) is 23.9. The lowest BCUT2D eigenvalue weighted by atomic mass is 10.1. The molecule has 3 rings (SSSR count). The molecule has 0 bridgehead atoms. The number of halogens is 1. The van der Waals surface area contributed by atoms with Crippen molar-refractivity contribution in [3.63, 3.8) is 0 Å². The summed E-state index contributed by atoms with van der Waals surface area (Å²) < 4.78 is 16.0. The van der Waals surface area contributed by atoms with E-state index in [-0.39, 0.29) is 6.61 Å². The number of ether oxygens (including phenoxy) is 2. The molecule has 0 saturated carbocycles. The molecule has 0 unspecified atom stereocenters. The quantitative estimate of drug-likeness (QED) is 0.494. The van der Waals surface area contributed by atoms with Gasteiger partial charge in [-0.1, -0.05) is 29.8 Å². The summed E-state index contributed by atoms with van der Waals surface area (Å²) in [7, 11) is 0. The van der Waals surface area contributed by atoms with E-state index in [0.717, 1.165) is 5.56 Å². The molecule has 134 valence electrons. The van der Waals surface area contributed by atoms with E-state index in [9.17, 15) is 9.59 Å².